The van der Waals surface area contributed by atoms with Crippen molar-refractivity contribution in [1.82, 2.24) is 4.98 Å². The van der Waals surface area contributed by atoms with Crippen LogP contribution in [-0.4, -0.2) is 60.5 Å². The summed E-state index contributed by atoms with van der Waals surface area (Å²) in [7, 11) is 1.44. The molecule has 5 aliphatic rings. The van der Waals surface area contributed by atoms with E-state index in [1.807, 2.05) is 30.6 Å². The van der Waals surface area contributed by atoms with Gasteiger partial charge >= 0.3 is 0 Å². The van der Waals surface area contributed by atoms with Crippen molar-refractivity contribution in [2.45, 2.75) is 138 Å². The number of benzene rings is 3. The Balaban J connectivity index is 1.01. The average molecular weight is 818 g/mol. The van der Waals surface area contributed by atoms with Crippen molar-refractivity contribution in [1.29, 1.82) is 0 Å². The van der Waals surface area contributed by atoms with E-state index in [0.29, 0.717) is 42.2 Å². The largest absolute Gasteiger partial charge is 0.508 e. The molecule has 11 atom stereocenters. The summed E-state index contributed by atoms with van der Waals surface area (Å²) in [6, 6.07) is 18.9. The number of phenols is 3. The Morgan fingerprint density at radius 3 is 2.50 bits per heavy atom. The Morgan fingerprint density at radius 1 is 0.900 bits per heavy atom. The maximum absolute atomic E-state index is 13.0. The number of aromatic nitrogens is 1. The fourth-order valence-corrected chi connectivity index (χ4v) is 12.9. The van der Waals surface area contributed by atoms with Crippen LogP contribution in [-0.2, 0) is 23.2 Å². The van der Waals surface area contributed by atoms with Crippen molar-refractivity contribution in [3.05, 3.63) is 118 Å². The third-order valence-corrected chi connectivity index (χ3v) is 15.8. The summed E-state index contributed by atoms with van der Waals surface area (Å²) < 4.78 is 12.6. The number of H-pyrrole nitrogens is 1. The van der Waals surface area contributed by atoms with Crippen LogP contribution >= 0.6 is 0 Å². The van der Waals surface area contributed by atoms with E-state index >= 15 is 0 Å². The molecule has 4 fully saturated rings. The number of methoxy groups -OCH3 is 1. The minimum atomic E-state index is -1.01. The van der Waals surface area contributed by atoms with Gasteiger partial charge < -0.3 is 45.1 Å². The Hall–Kier alpha value is -4.28. The smallest absolute Gasteiger partial charge is 0.201 e. The molecule has 1 aromatic heterocycles. The first-order valence-corrected chi connectivity index (χ1v) is 22.5. The van der Waals surface area contributed by atoms with Crippen LogP contribution in [0.25, 0.3) is 0 Å². The first-order chi connectivity index (χ1) is 29.0. The Morgan fingerprint density at radius 2 is 1.73 bits per heavy atom. The van der Waals surface area contributed by atoms with E-state index in [-0.39, 0.29) is 58.7 Å². The van der Waals surface area contributed by atoms with E-state index in [4.69, 9.17) is 9.47 Å². The summed E-state index contributed by atoms with van der Waals surface area (Å²) in [5.41, 5.74) is 4.51. The van der Waals surface area contributed by atoms with Crippen molar-refractivity contribution in [3.63, 3.8) is 0 Å². The summed E-state index contributed by atoms with van der Waals surface area (Å²) in [5.74, 6) is 0.372. The van der Waals surface area contributed by atoms with Crippen molar-refractivity contribution in [2.75, 3.05) is 7.11 Å². The number of allylic oxidation sites excluding steroid dienone is 1. The molecule has 4 aromatic rings. The zero-order valence-electron chi connectivity index (χ0n) is 35.1. The van der Waals surface area contributed by atoms with Crippen LogP contribution in [0.4, 0.5) is 0 Å². The lowest BCUT2D eigenvalue weighted by atomic mass is 9.52. The second-order valence-electron chi connectivity index (χ2n) is 19.1. The van der Waals surface area contributed by atoms with Gasteiger partial charge in [0, 0.05) is 47.7 Å². The van der Waals surface area contributed by atoms with Crippen molar-refractivity contribution >= 4 is 0 Å². The highest BCUT2D eigenvalue weighted by Gasteiger charge is 2.54. The number of hydrogen-bond acceptors (Lipinski definition) is 8. The highest BCUT2D eigenvalue weighted by molar-refractivity contribution is 5.64. The molecule has 0 amide bonds. The molecule has 0 bridgehead atoms. The number of hydrogen-bond donors (Lipinski definition) is 7. The average Bonchev–Trinajstić information content (AvgIpc) is 3.78. The van der Waals surface area contributed by atoms with Crippen LogP contribution in [0.2, 0.25) is 0 Å². The van der Waals surface area contributed by atoms with Crippen molar-refractivity contribution < 1.29 is 40.1 Å². The van der Waals surface area contributed by atoms with Gasteiger partial charge in [-0.2, -0.15) is 0 Å². The quantitative estimate of drug-likeness (QED) is 0.0651. The molecule has 0 spiro atoms. The predicted molar refractivity (Wildman–Crippen MR) is 230 cm³/mol. The van der Waals surface area contributed by atoms with Gasteiger partial charge in [-0.25, -0.2) is 0 Å². The number of aromatic hydroxyl groups is 3. The molecule has 4 aliphatic carbocycles. The minimum absolute atomic E-state index is 0.0164. The maximum atomic E-state index is 13.0. The van der Waals surface area contributed by atoms with E-state index in [2.05, 4.69) is 60.5 Å². The molecule has 1 aliphatic heterocycles. The summed E-state index contributed by atoms with van der Waals surface area (Å²) in [6.07, 6.45) is 17.6. The summed E-state index contributed by atoms with van der Waals surface area (Å²) in [5, 5.41) is 69.1. The summed E-state index contributed by atoms with van der Waals surface area (Å²) >= 11 is 0. The molecule has 2 heterocycles. The number of ether oxygens (including phenoxy) is 2. The lowest BCUT2D eigenvalue weighted by molar-refractivity contribution is -0.154. The number of aromatic amines is 1. The predicted octanol–water partition coefficient (Wildman–Crippen LogP) is 9.34. The van der Waals surface area contributed by atoms with E-state index in [0.717, 1.165) is 68.1 Å². The number of rotatable bonds is 9. The van der Waals surface area contributed by atoms with E-state index < -0.39 is 35.9 Å². The summed E-state index contributed by atoms with van der Waals surface area (Å²) in [4.78, 5) is 3.07. The van der Waals surface area contributed by atoms with Gasteiger partial charge in [-0.3, -0.25) is 0 Å². The molecule has 9 heteroatoms. The second kappa shape index (κ2) is 16.5. The molecule has 320 valence electrons. The van der Waals surface area contributed by atoms with Gasteiger partial charge in [0.15, 0.2) is 11.5 Å². The first kappa shape index (κ1) is 41.1. The molecule has 9 nitrogen and oxygen atoms in total. The van der Waals surface area contributed by atoms with Gasteiger partial charge in [0.05, 0.1) is 37.6 Å². The van der Waals surface area contributed by atoms with Crippen LogP contribution in [0.3, 0.4) is 0 Å². The topological polar surface area (TPSA) is 156 Å². The number of fused-ring (bicyclic) bond motifs is 2. The molecule has 1 saturated heterocycles. The fourth-order valence-electron chi connectivity index (χ4n) is 12.9. The monoisotopic (exact) mass is 817 g/mol. The van der Waals surface area contributed by atoms with Crippen LogP contribution in [0, 0.1) is 23.7 Å². The van der Waals surface area contributed by atoms with Gasteiger partial charge in [0.25, 0.3) is 0 Å². The van der Waals surface area contributed by atoms with Gasteiger partial charge in [0.1, 0.15) is 5.75 Å². The van der Waals surface area contributed by atoms with Gasteiger partial charge in [-0.1, -0.05) is 80.8 Å². The number of aliphatic hydroxyl groups excluding tert-OH is 2. The molecule has 3 saturated carbocycles. The first-order valence-electron chi connectivity index (χ1n) is 22.5. The fraction of sp³-hybridized carbons (Fsp3) is 0.529. The third kappa shape index (κ3) is 7.23. The Labute approximate surface area is 354 Å². The minimum Gasteiger partial charge on any atom is -0.508 e. The molecule has 9 rings (SSSR count). The normalized spacial score (nSPS) is 34.1. The van der Waals surface area contributed by atoms with Crippen LogP contribution < -0.4 is 4.74 Å². The summed E-state index contributed by atoms with van der Waals surface area (Å²) in [6.45, 7) is 1.77. The zero-order valence-corrected chi connectivity index (χ0v) is 35.1. The highest BCUT2D eigenvalue weighted by atomic mass is 16.5. The second-order valence-corrected chi connectivity index (χ2v) is 19.1. The van der Waals surface area contributed by atoms with Crippen LogP contribution in [0.15, 0.2) is 79.1 Å². The Kier molecular flexibility index (Phi) is 11.3. The number of phenolic OH excluding ortho intramolecular Hbond substituents is 2. The molecule has 0 unspecified atom stereocenters. The number of aliphatic hydroxyl groups is 3. The van der Waals surface area contributed by atoms with Crippen LogP contribution in [0.5, 0.6) is 23.0 Å². The lowest BCUT2D eigenvalue weighted by Gasteiger charge is -2.54. The molecule has 60 heavy (non-hydrogen) atoms. The third-order valence-electron chi connectivity index (χ3n) is 15.8. The SMILES string of the molecule is COc1c(O)c(O)c(CO)c([C@@H]2C[C@H](O)[C@H]3CC[C@@H](c4ccc(O)c([C@H]5C[C@H](C)CC[C@@H]5[C@]5(O)C=C[C@H]6CCCC[C@]6(c6ccccc6)C5)c4)C[C@@H]3O2)c1Cc1cc[nH]c1. The maximum Gasteiger partial charge on any atom is 0.201 e. The Bertz CT molecular complexity index is 2170. The lowest BCUT2D eigenvalue weighted by Crippen LogP contribution is -2.53. The van der Waals surface area contributed by atoms with Gasteiger partial charge in [-0.15, -0.1) is 0 Å². The zero-order chi connectivity index (χ0) is 41.8. The van der Waals surface area contributed by atoms with Crippen LogP contribution in [0.1, 0.15) is 141 Å². The van der Waals surface area contributed by atoms with Crippen molar-refractivity contribution in [3.8, 4) is 23.0 Å². The van der Waals surface area contributed by atoms with Crippen molar-refractivity contribution in [2.24, 2.45) is 23.7 Å². The van der Waals surface area contributed by atoms with Gasteiger partial charge in [0.2, 0.25) is 5.75 Å². The highest BCUT2D eigenvalue weighted by Crippen LogP contribution is 2.58. The standard InChI is InChI=1S/C51H63NO8/c1-30-11-15-41(51(58)20-17-35-10-6-7-19-50(35,29-51)34-8-4-3-5-9-34)37(22-30)38-24-32(13-16-42(38)54)33-12-14-36-43(55)26-45(60-44(36)25-33)46-39(23-31-18-21-52-27-31)49(59-2)48(57)47(56)40(46)28-53/h3-5,8-9,13,16-18,20-21,24,27,30,33,35-37,41,43-45,52-58H,6-7,10-12,14-15,19,22-23,25-26,28-29H2,1-2H3/t30-,33-,35-,36-,37-,41+,43+,44+,45+,50-,51+/m1/s1. The number of nitrogens with one attached hydrogen (secondary N) is 1. The van der Waals surface area contributed by atoms with E-state index in [9.17, 15) is 30.6 Å². The molecule has 3 aromatic carbocycles. The van der Waals surface area contributed by atoms with E-state index in [1.165, 1.54) is 19.1 Å². The van der Waals surface area contributed by atoms with Gasteiger partial charge in [-0.05, 0) is 121 Å². The molecule has 7 N–H and O–H groups in total. The molecule has 0 radical (unpaired) electrons. The molecular formula is C51H63NO8. The van der Waals surface area contributed by atoms with E-state index in [1.54, 1.807) is 0 Å². The molecular weight excluding hydrogens is 755 g/mol.